The quantitative estimate of drug-likeness (QED) is 0.619. The number of hydrogen-bond donors (Lipinski definition) is 1. The van der Waals surface area contributed by atoms with Gasteiger partial charge in [-0.05, 0) is 31.0 Å². The summed E-state index contributed by atoms with van der Waals surface area (Å²) in [4.78, 5) is 4.01. The van der Waals surface area contributed by atoms with Crippen LogP contribution in [-0.4, -0.2) is 9.71 Å². The second-order valence-electron chi connectivity index (χ2n) is 3.18. The highest BCUT2D eigenvalue weighted by atomic mass is 16.5. The van der Waals surface area contributed by atoms with E-state index in [0.29, 0.717) is 16.7 Å². The molecule has 0 saturated heterocycles. The molecule has 0 aliphatic carbocycles. The molecule has 0 aliphatic rings. The molecule has 0 bridgehead atoms. The molecule has 1 heterocycles. The summed E-state index contributed by atoms with van der Waals surface area (Å²) in [6.45, 7) is 3.72. The number of nitrogen functional groups attached to an aromatic ring is 1. The maximum Gasteiger partial charge on any atom is 0.0933 e. The third-order valence-electron chi connectivity index (χ3n) is 2.27. The van der Waals surface area contributed by atoms with E-state index in [1.165, 1.54) is 6.33 Å². The van der Waals surface area contributed by atoms with Crippen molar-refractivity contribution in [1.29, 1.82) is 0 Å². The van der Waals surface area contributed by atoms with Crippen molar-refractivity contribution >= 4 is 16.7 Å². The summed E-state index contributed by atoms with van der Waals surface area (Å²) in [7, 11) is 0. The van der Waals surface area contributed by atoms with Crippen LogP contribution in [0.1, 0.15) is 11.1 Å². The lowest BCUT2D eigenvalue weighted by molar-refractivity contribution is 1.11. The molecule has 0 radical (unpaired) electrons. The summed E-state index contributed by atoms with van der Waals surface area (Å²) in [6.07, 6.45) is 1.27. The third kappa shape index (κ3) is 0.950. The minimum absolute atomic E-state index is 0.617. The molecule has 13 heavy (non-hydrogen) atoms. The first-order chi connectivity index (χ1) is 6.11. The first kappa shape index (κ1) is 7.91. The van der Waals surface area contributed by atoms with Gasteiger partial charge >= 0.3 is 0 Å². The van der Waals surface area contributed by atoms with Gasteiger partial charge in [0.2, 0.25) is 0 Å². The van der Waals surface area contributed by atoms with Crippen molar-refractivity contribution in [2.24, 2.45) is 0 Å². The van der Waals surface area contributed by atoms with Gasteiger partial charge in [0.25, 0.3) is 0 Å². The maximum atomic E-state index is 11.3. The highest BCUT2D eigenvalue weighted by molar-refractivity contribution is 5.86. The molecule has 0 saturated carbocycles. The topological polar surface area (TPSA) is 66.9 Å². The summed E-state index contributed by atoms with van der Waals surface area (Å²) in [5.74, 6) is 0. The Morgan fingerprint density at radius 1 is 1.46 bits per heavy atom. The maximum absolute atomic E-state index is 11.3. The van der Waals surface area contributed by atoms with Crippen LogP contribution in [0, 0.1) is 19.1 Å². The highest BCUT2D eigenvalue weighted by Gasteiger charge is 2.07. The Bertz CT molecular complexity index is 473. The molecule has 1 aromatic carbocycles. The monoisotopic (exact) mass is 176 g/mol. The number of aromatic nitrogens is 2. The number of imidazole rings is 1. The molecule has 4 nitrogen and oxygen atoms in total. The molecule has 2 N–H and O–H groups in total. The van der Waals surface area contributed by atoms with Gasteiger partial charge in [-0.1, -0.05) is 0 Å². The number of benzene rings is 1. The van der Waals surface area contributed by atoms with E-state index in [1.54, 1.807) is 6.07 Å². The Morgan fingerprint density at radius 3 is 2.85 bits per heavy atom. The molecule has 0 aliphatic heterocycles. The van der Waals surface area contributed by atoms with Crippen LogP contribution in [0.5, 0.6) is 0 Å². The molecule has 1 aromatic heterocycles. The van der Waals surface area contributed by atoms with Gasteiger partial charge in [-0.3, -0.25) is 0 Å². The minimum Gasteiger partial charge on any atom is -0.805 e. The van der Waals surface area contributed by atoms with Crippen molar-refractivity contribution in [2.45, 2.75) is 13.8 Å². The van der Waals surface area contributed by atoms with Crippen molar-refractivity contribution < 1.29 is 0 Å². The number of anilines is 1. The predicted molar refractivity (Wildman–Crippen MR) is 52.4 cm³/mol. The SMILES string of the molecule is Cc1c(N)cc(C)c2c1ncn2[O-]. The lowest BCUT2D eigenvalue weighted by Crippen LogP contribution is -1.94. The molecular weight excluding hydrogens is 166 g/mol. The molecular formula is C9H10N3O-. The van der Waals surface area contributed by atoms with Gasteiger partial charge in [-0.25, -0.2) is 4.98 Å². The van der Waals surface area contributed by atoms with Gasteiger partial charge in [-0.15, -0.1) is 0 Å². The molecule has 0 atom stereocenters. The number of rotatable bonds is 0. The second-order valence-corrected chi connectivity index (χ2v) is 3.18. The summed E-state index contributed by atoms with van der Waals surface area (Å²) in [5, 5.41) is 11.3. The Kier molecular flexibility index (Phi) is 1.45. The Balaban J connectivity index is 2.99. The van der Waals surface area contributed by atoms with Gasteiger partial charge in [0.1, 0.15) is 0 Å². The molecule has 68 valence electrons. The van der Waals surface area contributed by atoms with Crippen LogP contribution in [0.25, 0.3) is 11.0 Å². The fourth-order valence-electron chi connectivity index (χ4n) is 1.52. The van der Waals surface area contributed by atoms with Gasteiger partial charge in [0, 0.05) is 5.69 Å². The molecule has 0 fully saturated rings. The number of aryl methyl sites for hydroxylation is 2. The van der Waals surface area contributed by atoms with Crippen molar-refractivity contribution in [3.05, 3.63) is 28.7 Å². The Hall–Kier alpha value is -1.71. The van der Waals surface area contributed by atoms with Crippen LogP contribution in [0.4, 0.5) is 5.69 Å². The number of hydrogen-bond acceptors (Lipinski definition) is 3. The van der Waals surface area contributed by atoms with Crippen LogP contribution in [0.2, 0.25) is 0 Å². The van der Waals surface area contributed by atoms with E-state index in [4.69, 9.17) is 5.73 Å². The lowest BCUT2D eigenvalue weighted by Gasteiger charge is -2.10. The van der Waals surface area contributed by atoms with Crippen LogP contribution in [-0.2, 0) is 0 Å². The van der Waals surface area contributed by atoms with Gasteiger partial charge in [0.05, 0.1) is 17.4 Å². The summed E-state index contributed by atoms with van der Waals surface area (Å²) >= 11 is 0. The fourth-order valence-corrected chi connectivity index (χ4v) is 1.52. The number of fused-ring (bicyclic) bond motifs is 1. The zero-order valence-corrected chi connectivity index (χ0v) is 7.53. The van der Waals surface area contributed by atoms with E-state index < -0.39 is 0 Å². The van der Waals surface area contributed by atoms with Crippen molar-refractivity contribution in [1.82, 2.24) is 9.71 Å². The Morgan fingerprint density at radius 2 is 2.15 bits per heavy atom. The van der Waals surface area contributed by atoms with Crippen LogP contribution < -0.4 is 5.73 Å². The Labute approximate surface area is 75.6 Å². The molecule has 0 spiro atoms. The number of nitrogens with two attached hydrogens (primary N) is 1. The zero-order chi connectivity index (χ0) is 9.59. The molecule has 0 unspecified atom stereocenters. The van der Waals surface area contributed by atoms with E-state index in [1.807, 2.05) is 13.8 Å². The second kappa shape index (κ2) is 2.39. The molecule has 2 aromatic rings. The smallest absolute Gasteiger partial charge is 0.0933 e. The van der Waals surface area contributed by atoms with Crippen molar-refractivity contribution in [3.63, 3.8) is 0 Å². The summed E-state index contributed by atoms with van der Waals surface area (Å²) in [5.41, 5.74) is 9.48. The first-order valence-electron chi connectivity index (χ1n) is 4.01. The average molecular weight is 176 g/mol. The van der Waals surface area contributed by atoms with Gasteiger partial charge < -0.3 is 15.7 Å². The van der Waals surface area contributed by atoms with Crippen LogP contribution in [0.15, 0.2) is 12.4 Å². The molecule has 2 rings (SSSR count). The van der Waals surface area contributed by atoms with Crippen molar-refractivity contribution in [2.75, 3.05) is 5.73 Å². The standard InChI is InChI=1S/C9H10N3O/c1-5-3-7(10)6(2)8-9(5)12(13)4-11-8/h3-4H,10H2,1-2H3/q-1. The molecule has 0 amide bonds. The van der Waals surface area contributed by atoms with Crippen LogP contribution in [0.3, 0.4) is 0 Å². The highest BCUT2D eigenvalue weighted by Crippen LogP contribution is 2.25. The van der Waals surface area contributed by atoms with Crippen molar-refractivity contribution in [3.8, 4) is 0 Å². The van der Waals surface area contributed by atoms with E-state index in [0.717, 1.165) is 15.9 Å². The lowest BCUT2D eigenvalue weighted by atomic mass is 10.1. The predicted octanol–water partition coefficient (Wildman–Crippen LogP) is 1.58. The van der Waals surface area contributed by atoms with E-state index >= 15 is 0 Å². The summed E-state index contributed by atoms with van der Waals surface area (Å²) in [6, 6.07) is 1.80. The number of nitrogens with zero attached hydrogens (tertiary/aromatic N) is 2. The average Bonchev–Trinajstić information content (AvgIpc) is 2.44. The van der Waals surface area contributed by atoms with E-state index in [9.17, 15) is 5.21 Å². The third-order valence-corrected chi connectivity index (χ3v) is 2.27. The molecule has 4 heteroatoms. The summed E-state index contributed by atoms with van der Waals surface area (Å²) < 4.78 is 0.775. The minimum atomic E-state index is 0.617. The fraction of sp³-hybridized carbons (Fsp3) is 0.222. The largest absolute Gasteiger partial charge is 0.805 e. The van der Waals surface area contributed by atoms with Gasteiger partial charge in [0.15, 0.2) is 0 Å². The normalized spacial score (nSPS) is 10.9. The first-order valence-corrected chi connectivity index (χ1v) is 4.01. The van der Waals surface area contributed by atoms with Crippen LogP contribution >= 0.6 is 0 Å². The van der Waals surface area contributed by atoms with E-state index in [2.05, 4.69) is 4.98 Å². The zero-order valence-electron chi connectivity index (χ0n) is 7.53. The van der Waals surface area contributed by atoms with Gasteiger partial charge in [-0.2, -0.15) is 0 Å². The van der Waals surface area contributed by atoms with E-state index in [-0.39, 0.29) is 0 Å².